The minimum atomic E-state index is -4.49. The molecule has 0 aliphatic heterocycles. The zero-order chi connectivity index (χ0) is 17.3. The van der Waals surface area contributed by atoms with Crippen molar-refractivity contribution in [2.45, 2.75) is 38.9 Å². The molecule has 7 heteroatoms. The van der Waals surface area contributed by atoms with Gasteiger partial charge in [0.1, 0.15) is 0 Å². The van der Waals surface area contributed by atoms with E-state index in [0.717, 1.165) is 12.5 Å². The summed E-state index contributed by atoms with van der Waals surface area (Å²) in [6.07, 6.45) is -3.58. The van der Waals surface area contributed by atoms with Gasteiger partial charge in [0.15, 0.2) is 0 Å². The lowest BCUT2D eigenvalue weighted by molar-refractivity contribution is -0.137. The van der Waals surface area contributed by atoms with E-state index >= 15 is 0 Å². The van der Waals surface area contributed by atoms with Crippen LogP contribution in [-0.4, -0.2) is 31.7 Å². The largest absolute Gasteiger partial charge is 0.418 e. The zero-order valence-electron chi connectivity index (χ0n) is 13.4. The summed E-state index contributed by atoms with van der Waals surface area (Å²) in [5, 5.41) is 5.48. The Bertz CT molecular complexity index is 492. The summed E-state index contributed by atoms with van der Waals surface area (Å²) in [6.45, 7) is 5.72. The molecule has 0 saturated carbocycles. The van der Waals surface area contributed by atoms with Crippen LogP contribution in [-0.2, 0) is 15.7 Å². The molecule has 1 amide bonds. The van der Waals surface area contributed by atoms with Gasteiger partial charge in [-0.2, -0.15) is 13.2 Å². The van der Waals surface area contributed by atoms with Gasteiger partial charge in [-0.25, -0.2) is 0 Å². The number of hydrogen-bond donors (Lipinski definition) is 2. The third kappa shape index (κ3) is 7.47. The maximum atomic E-state index is 12.9. The fourth-order valence-corrected chi connectivity index (χ4v) is 2.06. The van der Waals surface area contributed by atoms with Crippen molar-refractivity contribution in [2.24, 2.45) is 0 Å². The maximum absolute atomic E-state index is 12.9. The van der Waals surface area contributed by atoms with E-state index in [1.54, 1.807) is 0 Å². The molecule has 0 aliphatic carbocycles. The van der Waals surface area contributed by atoms with E-state index in [1.165, 1.54) is 18.2 Å². The van der Waals surface area contributed by atoms with Crippen LogP contribution >= 0.6 is 0 Å². The molecule has 0 heterocycles. The first-order valence-electron chi connectivity index (χ1n) is 7.61. The van der Waals surface area contributed by atoms with E-state index in [1.807, 2.05) is 13.8 Å². The second-order valence-corrected chi connectivity index (χ2v) is 5.20. The molecular formula is C16H23F3N2O2. The zero-order valence-corrected chi connectivity index (χ0v) is 13.4. The van der Waals surface area contributed by atoms with Gasteiger partial charge in [0, 0.05) is 25.7 Å². The molecule has 2 N–H and O–H groups in total. The van der Waals surface area contributed by atoms with Gasteiger partial charge >= 0.3 is 6.18 Å². The van der Waals surface area contributed by atoms with Crippen molar-refractivity contribution >= 4 is 11.6 Å². The number of carbonyl (C=O) groups excluding carboxylic acids is 1. The number of anilines is 1. The van der Waals surface area contributed by atoms with E-state index in [4.69, 9.17) is 4.74 Å². The average molecular weight is 332 g/mol. The van der Waals surface area contributed by atoms with Crippen molar-refractivity contribution < 1.29 is 22.7 Å². The number of benzene rings is 1. The lowest BCUT2D eigenvalue weighted by atomic mass is 10.1. The van der Waals surface area contributed by atoms with Crippen LogP contribution in [0.2, 0.25) is 0 Å². The molecule has 0 fully saturated rings. The van der Waals surface area contributed by atoms with Crippen LogP contribution < -0.4 is 10.6 Å². The van der Waals surface area contributed by atoms with Crippen LogP contribution in [0.3, 0.4) is 0 Å². The Balaban J connectivity index is 2.45. The van der Waals surface area contributed by atoms with Gasteiger partial charge in [-0.3, -0.25) is 4.79 Å². The predicted molar refractivity (Wildman–Crippen MR) is 83.3 cm³/mol. The molecule has 1 atom stereocenters. The second-order valence-electron chi connectivity index (χ2n) is 5.20. The topological polar surface area (TPSA) is 50.4 Å². The first-order chi connectivity index (χ1) is 10.8. The fraction of sp³-hybridized carbons (Fsp3) is 0.562. The molecule has 4 nitrogen and oxygen atoms in total. The van der Waals surface area contributed by atoms with E-state index in [0.29, 0.717) is 19.8 Å². The minimum Gasteiger partial charge on any atom is -0.382 e. The molecule has 1 unspecified atom stereocenters. The molecule has 1 aromatic rings. The highest BCUT2D eigenvalue weighted by Crippen LogP contribution is 2.34. The van der Waals surface area contributed by atoms with Crippen LogP contribution in [0, 0.1) is 0 Å². The lowest BCUT2D eigenvalue weighted by Crippen LogP contribution is -2.32. The Morgan fingerprint density at radius 1 is 1.30 bits per heavy atom. The molecule has 1 aromatic carbocycles. The molecule has 0 radical (unpaired) electrons. The number of alkyl halides is 3. The Labute approximate surface area is 134 Å². The summed E-state index contributed by atoms with van der Waals surface area (Å²) in [5.74, 6) is -0.452. The second kappa shape index (κ2) is 9.52. The van der Waals surface area contributed by atoms with Gasteiger partial charge < -0.3 is 15.4 Å². The molecule has 23 heavy (non-hydrogen) atoms. The summed E-state index contributed by atoms with van der Waals surface area (Å²) in [6, 6.07) is 4.82. The van der Waals surface area contributed by atoms with Crippen molar-refractivity contribution in [3.63, 3.8) is 0 Å². The van der Waals surface area contributed by atoms with Crippen LogP contribution in [0.5, 0.6) is 0 Å². The normalized spacial score (nSPS) is 12.9. The number of nitrogens with one attached hydrogen (secondary N) is 2. The Morgan fingerprint density at radius 2 is 2.00 bits per heavy atom. The molecule has 0 saturated heterocycles. The van der Waals surface area contributed by atoms with Crippen LogP contribution in [0.1, 0.15) is 32.3 Å². The number of amides is 1. The van der Waals surface area contributed by atoms with Gasteiger partial charge in [0.2, 0.25) is 5.91 Å². The number of ether oxygens (including phenoxy) is 1. The van der Waals surface area contributed by atoms with Crippen molar-refractivity contribution in [3.05, 3.63) is 29.8 Å². The first kappa shape index (κ1) is 19.4. The number of halogens is 3. The highest BCUT2D eigenvalue weighted by atomic mass is 19.4. The molecular weight excluding hydrogens is 309 g/mol. The standard InChI is InChI=1S/C16H23F3N2O2/c1-3-23-10-6-9-20-12(2)11-15(22)21-14-8-5-4-7-13(14)16(17,18)19/h4-5,7-8,12,20H,3,6,9-11H2,1-2H3,(H,21,22). The number of carbonyl (C=O) groups is 1. The smallest absolute Gasteiger partial charge is 0.382 e. The highest BCUT2D eigenvalue weighted by molar-refractivity contribution is 5.92. The lowest BCUT2D eigenvalue weighted by Gasteiger charge is -2.16. The van der Waals surface area contributed by atoms with Crippen molar-refractivity contribution in [1.82, 2.24) is 5.32 Å². The SMILES string of the molecule is CCOCCCNC(C)CC(=O)Nc1ccccc1C(F)(F)F. The Kier molecular flexibility index (Phi) is 8.05. The van der Waals surface area contributed by atoms with E-state index in [-0.39, 0.29) is 18.2 Å². The van der Waals surface area contributed by atoms with E-state index in [2.05, 4.69) is 10.6 Å². The third-order valence-corrected chi connectivity index (χ3v) is 3.16. The number of hydrogen-bond acceptors (Lipinski definition) is 3. The first-order valence-corrected chi connectivity index (χ1v) is 7.61. The Morgan fingerprint density at radius 3 is 2.65 bits per heavy atom. The van der Waals surface area contributed by atoms with Gasteiger partial charge in [0.25, 0.3) is 0 Å². The quantitative estimate of drug-likeness (QED) is 0.681. The predicted octanol–water partition coefficient (Wildman–Crippen LogP) is 3.44. The van der Waals surface area contributed by atoms with Crippen LogP contribution in [0.15, 0.2) is 24.3 Å². The fourth-order valence-electron chi connectivity index (χ4n) is 2.06. The third-order valence-electron chi connectivity index (χ3n) is 3.16. The molecule has 0 spiro atoms. The average Bonchev–Trinajstić information content (AvgIpc) is 2.46. The van der Waals surface area contributed by atoms with Gasteiger partial charge in [-0.1, -0.05) is 12.1 Å². The molecule has 130 valence electrons. The maximum Gasteiger partial charge on any atom is 0.418 e. The van der Waals surface area contributed by atoms with Crippen LogP contribution in [0.25, 0.3) is 0 Å². The number of rotatable bonds is 9. The summed E-state index contributed by atoms with van der Waals surface area (Å²) >= 11 is 0. The molecule has 0 aliphatic rings. The van der Waals surface area contributed by atoms with Crippen molar-refractivity contribution in [2.75, 3.05) is 25.1 Å². The van der Waals surface area contributed by atoms with Gasteiger partial charge in [-0.05, 0) is 38.9 Å². The summed E-state index contributed by atoms with van der Waals surface area (Å²) in [5.41, 5.74) is -1.06. The van der Waals surface area contributed by atoms with Crippen LogP contribution in [0.4, 0.5) is 18.9 Å². The highest BCUT2D eigenvalue weighted by Gasteiger charge is 2.33. The minimum absolute atomic E-state index is 0.0980. The summed E-state index contributed by atoms with van der Waals surface area (Å²) < 4.78 is 43.8. The van der Waals surface area contributed by atoms with E-state index in [9.17, 15) is 18.0 Å². The van der Waals surface area contributed by atoms with Gasteiger partial charge in [-0.15, -0.1) is 0 Å². The van der Waals surface area contributed by atoms with Gasteiger partial charge in [0.05, 0.1) is 11.3 Å². The Hall–Kier alpha value is -1.60. The molecule has 1 rings (SSSR count). The monoisotopic (exact) mass is 332 g/mol. The van der Waals surface area contributed by atoms with E-state index < -0.39 is 17.6 Å². The van der Waals surface area contributed by atoms with Crippen molar-refractivity contribution in [1.29, 1.82) is 0 Å². The van der Waals surface area contributed by atoms with Crippen molar-refractivity contribution in [3.8, 4) is 0 Å². The summed E-state index contributed by atoms with van der Waals surface area (Å²) in [4.78, 5) is 11.9. The molecule has 0 aromatic heterocycles. The molecule has 0 bridgehead atoms. The number of para-hydroxylation sites is 1. The summed E-state index contributed by atoms with van der Waals surface area (Å²) in [7, 11) is 0.